The van der Waals surface area contributed by atoms with Crippen molar-refractivity contribution in [2.24, 2.45) is 5.73 Å². The first kappa shape index (κ1) is 12.6. The van der Waals surface area contributed by atoms with E-state index in [2.05, 4.69) is 31.0 Å². The van der Waals surface area contributed by atoms with Crippen LogP contribution in [-0.4, -0.2) is 29.3 Å². The molecule has 1 aromatic carbocycles. The van der Waals surface area contributed by atoms with E-state index in [1.807, 2.05) is 6.07 Å². The lowest BCUT2D eigenvalue weighted by atomic mass is 10.1. The van der Waals surface area contributed by atoms with Crippen LogP contribution in [0.1, 0.15) is 6.42 Å². The average molecular weight is 325 g/mol. The predicted octanol–water partition coefficient (Wildman–Crippen LogP) is 2.52. The van der Waals surface area contributed by atoms with Crippen molar-refractivity contribution in [2.75, 3.05) is 18.0 Å². The zero-order valence-corrected chi connectivity index (χ0v) is 11.8. The highest BCUT2D eigenvalue weighted by atomic mass is 79.9. The van der Waals surface area contributed by atoms with Crippen LogP contribution in [0.2, 0.25) is 0 Å². The minimum Gasteiger partial charge on any atom is -0.354 e. The van der Waals surface area contributed by atoms with Crippen molar-refractivity contribution in [3.63, 3.8) is 0 Å². The van der Waals surface area contributed by atoms with Crippen molar-refractivity contribution < 1.29 is 4.39 Å². The Morgan fingerprint density at radius 2 is 2.26 bits per heavy atom. The fourth-order valence-corrected chi connectivity index (χ4v) is 2.67. The molecule has 1 saturated heterocycles. The summed E-state index contributed by atoms with van der Waals surface area (Å²) in [6, 6.07) is 6.91. The maximum absolute atomic E-state index is 13.8. The number of benzene rings is 1. The summed E-state index contributed by atoms with van der Waals surface area (Å²) in [5.74, 6) is 0.554. The average Bonchev–Trinajstić information content (AvgIpc) is 3.00. The second kappa shape index (κ2) is 4.94. The van der Waals surface area contributed by atoms with Gasteiger partial charge in [0.25, 0.3) is 0 Å². The maximum atomic E-state index is 13.8. The van der Waals surface area contributed by atoms with Gasteiger partial charge in [-0.25, -0.2) is 4.39 Å². The number of halogens is 2. The van der Waals surface area contributed by atoms with Gasteiger partial charge < -0.3 is 10.6 Å². The first-order chi connectivity index (χ1) is 9.13. The molecule has 2 heterocycles. The monoisotopic (exact) mass is 324 g/mol. The van der Waals surface area contributed by atoms with Gasteiger partial charge in [-0.2, -0.15) is 5.10 Å². The number of aromatic nitrogens is 2. The lowest BCUT2D eigenvalue weighted by molar-refractivity contribution is 0.630. The largest absolute Gasteiger partial charge is 0.354 e. The van der Waals surface area contributed by atoms with Crippen LogP contribution < -0.4 is 10.6 Å². The molecule has 100 valence electrons. The molecule has 19 heavy (non-hydrogen) atoms. The van der Waals surface area contributed by atoms with Crippen molar-refractivity contribution in [3.05, 3.63) is 34.6 Å². The third-order valence-corrected chi connectivity index (χ3v) is 3.82. The van der Waals surface area contributed by atoms with Gasteiger partial charge in [-0.15, -0.1) is 0 Å². The summed E-state index contributed by atoms with van der Waals surface area (Å²) in [5.41, 5.74) is 7.06. The SMILES string of the molecule is NC1CCN(c2cc(-c3cc(Br)ccc3F)[nH]n2)C1. The molecule has 1 aromatic heterocycles. The topological polar surface area (TPSA) is 57.9 Å². The lowest BCUT2D eigenvalue weighted by Crippen LogP contribution is -2.26. The number of hydrogen-bond donors (Lipinski definition) is 2. The van der Waals surface area contributed by atoms with Gasteiger partial charge >= 0.3 is 0 Å². The normalized spacial score (nSPS) is 19.1. The third-order valence-electron chi connectivity index (χ3n) is 3.33. The van der Waals surface area contributed by atoms with Gasteiger partial charge in [0.15, 0.2) is 5.82 Å². The standard InChI is InChI=1S/C13H14BrFN4/c14-8-1-2-11(15)10(5-8)12-6-13(18-17-12)19-4-3-9(16)7-19/h1-2,5-6,9H,3-4,7,16H2,(H,17,18). The van der Waals surface area contributed by atoms with Crippen LogP contribution in [0, 0.1) is 5.82 Å². The van der Waals surface area contributed by atoms with E-state index in [1.54, 1.807) is 12.1 Å². The number of H-pyrrole nitrogens is 1. The van der Waals surface area contributed by atoms with Crippen LogP contribution in [0.25, 0.3) is 11.3 Å². The Kier molecular flexibility index (Phi) is 3.28. The zero-order chi connectivity index (χ0) is 13.4. The molecule has 1 aliphatic heterocycles. The molecular formula is C13H14BrFN4. The molecule has 0 aliphatic carbocycles. The van der Waals surface area contributed by atoms with E-state index < -0.39 is 0 Å². The molecule has 1 atom stereocenters. The highest BCUT2D eigenvalue weighted by Gasteiger charge is 2.21. The highest BCUT2D eigenvalue weighted by molar-refractivity contribution is 9.10. The van der Waals surface area contributed by atoms with E-state index in [1.165, 1.54) is 6.07 Å². The summed E-state index contributed by atoms with van der Waals surface area (Å²) < 4.78 is 14.6. The molecule has 0 amide bonds. The quantitative estimate of drug-likeness (QED) is 0.892. The summed E-state index contributed by atoms with van der Waals surface area (Å²) in [4.78, 5) is 2.11. The Balaban J connectivity index is 1.90. The van der Waals surface area contributed by atoms with Crippen molar-refractivity contribution >= 4 is 21.7 Å². The number of hydrogen-bond acceptors (Lipinski definition) is 3. The van der Waals surface area contributed by atoms with Gasteiger partial charge in [0, 0.05) is 35.2 Å². The number of anilines is 1. The molecule has 3 N–H and O–H groups in total. The molecule has 4 nitrogen and oxygen atoms in total. The molecule has 6 heteroatoms. The lowest BCUT2D eigenvalue weighted by Gasteiger charge is -2.13. The minimum absolute atomic E-state index is 0.197. The zero-order valence-electron chi connectivity index (χ0n) is 10.2. The van der Waals surface area contributed by atoms with E-state index in [4.69, 9.17) is 5.73 Å². The summed E-state index contributed by atoms with van der Waals surface area (Å²) >= 11 is 3.35. The van der Waals surface area contributed by atoms with Crippen LogP contribution in [0.3, 0.4) is 0 Å². The number of aromatic amines is 1. The second-order valence-electron chi connectivity index (χ2n) is 4.76. The maximum Gasteiger partial charge on any atom is 0.151 e. The summed E-state index contributed by atoms with van der Waals surface area (Å²) in [6.07, 6.45) is 0.966. The van der Waals surface area contributed by atoms with Crippen LogP contribution in [0.15, 0.2) is 28.7 Å². The van der Waals surface area contributed by atoms with E-state index in [-0.39, 0.29) is 11.9 Å². The van der Waals surface area contributed by atoms with Crippen molar-refractivity contribution in [2.45, 2.75) is 12.5 Å². The van der Waals surface area contributed by atoms with Gasteiger partial charge in [0.2, 0.25) is 0 Å². The Morgan fingerprint density at radius 1 is 1.42 bits per heavy atom. The van der Waals surface area contributed by atoms with Crippen molar-refractivity contribution in [1.29, 1.82) is 0 Å². The van der Waals surface area contributed by atoms with Gasteiger partial charge in [-0.05, 0) is 24.6 Å². The Morgan fingerprint density at radius 3 is 3.00 bits per heavy atom. The van der Waals surface area contributed by atoms with Gasteiger partial charge in [0.05, 0.1) is 5.69 Å². The number of nitrogens with zero attached hydrogens (tertiary/aromatic N) is 2. The van der Waals surface area contributed by atoms with Crippen molar-refractivity contribution in [1.82, 2.24) is 10.2 Å². The molecule has 3 rings (SSSR count). The summed E-state index contributed by atoms with van der Waals surface area (Å²) in [5, 5.41) is 7.13. The van der Waals surface area contributed by atoms with E-state index >= 15 is 0 Å². The number of nitrogens with one attached hydrogen (secondary N) is 1. The smallest absolute Gasteiger partial charge is 0.151 e. The predicted molar refractivity (Wildman–Crippen MR) is 76.5 cm³/mol. The van der Waals surface area contributed by atoms with Crippen LogP contribution in [0.4, 0.5) is 10.2 Å². The molecule has 1 fully saturated rings. The van der Waals surface area contributed by atoms with Crippen LogP contribution >= 0.6 is 15.9 Å². The first-order valence-corrected chi connectivity index (χ1v) is 6.94. The molecule has 0 bridgehead atoms. The Hall–Kier alpha value is -1.40. The van der Waals surface area contributed by atoms with Gasteiger partial charge in [-0.1, -0.05) is 15.9 Å². The second-order valence-corrected chi connectivity index (χ2v) is 5.67. The van der Waals surface area contributed by atoms with Crippen LogP contribution in [0.5, 0.6) is 0 Å². The molecule has 1 aliphatic rings. The van der Waals surface area contributed by atoms with Crippen molar-refractivity contribution in [3.8, 4) is 11.3 Å². The summed E-state index contributed by atoms with van der Waals surface area (Å²) in [7, 11) is 0. The number of rotatable bonds is 2. The van der Waals surface area contributed by atoms with E-state index in [9.17, 15) is 4.39 Å². The minimum atomic E-state index is -0.267. The Bertz CT molecular complexity index is 598. The molecule has 0 saturated carbocycles. The fraction of sp³-hybridized carbons (Fsp3) is 0.308. The Labute approximate surface area is 118 Å². The number of nitrogens with two attached hydrogens (primary N) is 1. The molecule has 2 aromatic rings. The molecular weight excluding hydrogens is 311 g/mol. The highest BCUT2D eigenvalue weighted by Crippen LogP contribution is 2.28. The molecule has 0 radical (unpaired) electrons. The van der Waals surface area contributed by atoms with Gasteiger partial charge in [-0.3, -0.25) is 5.10 Å². The third kappa shape index (κ3) is 2.50. The van der Waals surface area contributed by atoms with E-state index in [0.29, 0.717) is 11.3 Å². The summed E-state index contributed by atoms with van der Waals surface area (Å²) in [6.45, 7) is 1.69. The van der Waals surface area contributed by atoms with Gasteiger partial charge in [0.1, 0.15) is 5.82 Å². The van der Waals surface area contributed by atoms with E-state index in [0.717, 1.165) is 29.8 Å². The first-order valence-electron chi connectivity index (χ1n) is 6.15. The van der Waals surface area contributed by atoms with Crippen LogP contribution in [-0.2, 0) is 0 Å². The molecule has 0 spiro atoms. The molecule has 1 unspecified atom stereocenters. The fourth-order valence-electron chi connectivity index (χ4n) is 2.31.